The molecule has 1 heterocycles. The van der Waals surface area contributed by atoms with Gasteiger partial charge in [0.25, 0.3) is 5.56 Å². The van der Waals surface area contributed by atoms with E-state index in [1.54, 1.807) is 59.1 Å². The molecule has 3 N–H and O–H groups in total. The van der Waals surface area contributed by atoms with E-state index in [4.69, 9.17) is 9.47 Å². The molecule has 1 aliphatic rings. The van der Waals surface area contributed by atoms with Gasteiger partial charge in [0, 0.05) is 23.6 Å². The Morgan fingerprint density at radius 1 is 1.22 bits per heavy atom. The van der Waals surface area contributed by atoms with Crippen molar-refractivity contribution in [3.8, 4) is 5.75 Å². The van der Waals surface area contributed by atoms with Crippen LogP contribution in [-0.4, -0.2) is 39.6 Å². The first-order valence-electron chi connectivity index (χ1n) is 8.92. The smallest absolute Gasteiger partial charge is 0.313 e. The summed E-state index contributed by atoms with van der Waals surface area (Å²) in [5.41, 5.74) is -0.589. The van der Waals surface area contributed by atoms with Gasteiger partial charge in [-0.3, -0.25) is 14.7 Å². The number of H-pyrrole nitrogens is 2. The summed E-state index contributed by atoms with van der Waals surface area (Å²) in [6.45, 7) is 6.93. The summed E-state index contributed by atoms with van der Waals surface area (Å²) in [6, 6.07) is 7.15. The third kappa shape index (κ3) is 3.64. The minimum Gasteiger partial charge on any atom is -0.497 e. The van der Waals surface area contributed by atoms with Crippen molar-refractivity contribution in [2.75, 3.05) is 7.11 Å². The van der Waals surface area contributed by atoms with Gasteiger partial charge < -0.3 is 19.7 Å². The molecule has 3 atom stereocenters. The number of fused-ring (bicyclic) bond motifs is 1. The largest absolute Gasteiger partial charge is 0.497 e. The van der Waals surface area contributed by atoms with Crippen molar-refractivity contribution in [2.45, 2.75) is 51.2 Å². The fraction of sp³-hybridized carbons (Fsp3) is 0.500. The van der Waals surface area contributed by atoms with Crippen molar-refractivity contribution in [3.63, 3.8) is 0 Å². The van der Waals surface area contributed by atoms with Crippen molar-refractivity contribution < 1.29 is 19.4 Å². The van der Waals surface area contributed by atoms with Crippen LogP contribution in [-0.2, 0) is 16.0 Å². The number of aliphatic hydroxyl groups is 1. The summed E-state index contributed by atoms with van der Waals surface area (Å²) in [6.07, 6.45) is 0.150. The first-order valence-corrected chi connectivity index (χ1v) is 8.92. The topological polar surface area (TPSA) is 104 Å². The maximum atomic E-state index is 13.0. The minimum absolute atomic E-state index is 0.150. The van der Waals surface area contributed by atoms with E-state index in [2.05, 4.69) is 10.2 Å². The second-order valence-corrected chi connectivity index (χ2v) is 8.27. The van der Waals surface area contributed by atoms with Crippen LogP contribution in [0.3, 0.4) is 0 Å². The van der Waals surface area contributed by atoms with Crippen LogP contribution >= 0.6 is 0 Å². The van der Waals surface area contributed by atoms with Gasteiger partial charge >= 0.3 is 5.97 Å². The number of carbonyl (C=O) groups excluding carboxylic acids is 1. The SMILES string of the molecule is COc1ccc([C@@H]2c3c([nH][nH]c3=O)C[C@@](C)(O)[C@H]2C(=O)OC(C)(C)C)cc1. The zero-order valence-electron chi connectivity index (χ0n) is 16.3. The van der Waals surface area contributed by atoms with Crippen LogP contribution in [0.5, 0.6) is 5.75 Å². The number of rotatable bonds is 3. The molecule has 0 fully saturated rings. The molecule has 146 valence electrons. The highest BCUT2D eigenvalue weighted by Gasteiger charge is 2.51. The Morgan fingerprint density at radius 3 is 2.41 bits per heavy atom. The second-order valence-electron chi connectivity index (χ2n) is 8.27. The van der Waals surface area contributed by atoms with E-state index >= 15 is 0 Å². The lowest BCUT2D eigenvalue weighted by molar-refractivity contribution is -0.171. The highest BCUT2D eigenvalue weighted by molar-refractivity contribution is 5.77. The maximum absolute atomic E-state index is 13.0. The molecule has 1 aliphatic carbocycles. The number of hydrogen-bond acceptors (Lipinski definition) is 5. The predicted octanol–water partition coefficient (Wildman–Crippen LogP) is 2.11. The maximum Gasteiger partial charge on any atom is 0.313 e. The average molecular weight is 374 g/mol. The van der Waals surface area contributed by atoms with E-state index in [9.17, 15) is 14.7 Å². The summed E-state index contributed by atoms with van der Waals surface area (Å²) in [4.78, 5) is 25.5. The number of ether oxygens (including phenoxy) is 2. The number of methoxy groups -OCH3 is 1. The molecule has 7 nitrogen and oxygen atoms in total. The van der Waals surface area contributed by atoms with E-state index in [1.165, 1.54) is 0 Å². The number of aromatic amines is 2. The normalized spacial score (nSPS) is 25.0. The first kappa shape index (κ1) is 19.2. The van der Waals surface area contributed by atoms with Gasteiger partial charge in [0.1, 0.15) is 11.4 Å². The van der Waals surface area contributed by atoms with Crippen LogP contribution in [0.25, 0.3) is 0 Å². The molecule has 27 heavy (non-hydrogen) atoms. The zero-order valence-corrected chi connectivity index (χ0v) is 16.3. The van der Waals surface area contributed by atoms with Crippen molar-refractivity contribution in [3.05, 3.63) is 51.4 Å². The van der Waals surface area contributed by atoms with Gasteiger partial charge in [0.05, 0.1) is 18.6 Å². The number of esters is 1. The molecule has 7 heteroatoms. The lowest BCUT2D eigenvalue weighted by Crippen LogP contribution is -2.51. The van der Waals surface area contributed by atoms with E-state index in [-0.39, 0.29) is 12.0 Å². The average Bonchev–Trinajstić information content (AvgIpc) is 2.91. The summed E-state index contributed by atoms with van der Waals surface area (Å²) < 4.78 is 10.8. The third-order valence-electron chi connectivity index (χ3n) is 4.88. The van der Waals surface area contributed by atoms with E-state index in [0.29, 0.717) is 17.0 Å². The van der Waals surface area contributed by atoms with Gasteiger partial charge in [-0.05, 0) is 45.4 Å². The lowest BCUT2D eigenvalue weighted by atomic mass is 9.66. The van der Waals surface area contributed by atoms with Crippen molar-refractivity contribution in [1.82, 2.24) is 10.2 Å². The summed E-state index contributed by atoms with van der Waals surface area (Å²) in [7, 11) is 1.57. The van der Waals surface area contributed by atoms with Gasteiger partial charge in [-0.1, -0.05) is 12.1 Å². The summed E-state index contributed by atoms with van der Waals surface area (Å²) >= 11 is 0. The van der Waals surface area contributed by atoms with Gasteiger partial charge in [-0.15, -0.1) is 0 Å². The second kappa shape index (κ2) is 6.56. The van der Waals surface area contributed by atoms with E-state index < -0.39 is 29.0 Å². The Kier molecular flexibility index (Phi) is 4.67. The van der Waals surface area contributed by atoms with E-state index in [0.717, 1.165) is 5.56 Å². The standard InChI is InChI=1S/C20H26N2O5/c1-19(2,3)27-18(24)16-14(11-6-8-12(26-5)9-7-11)15-13(10-20(16,4)25)21-22-17(15)23/h6-9,14,16,25H,10H2,1-5H3,(H2,21,22,23)/t14-,16-,20-/m1/s1. The number of benzene rings is 1. The van der Waals surface area contributed by atoms with Crippen LogP contribution in [0, 0.1) is 5.92 Å². The van der Waals surface area contributed by atoms with Gasteiger partial charge in [-0.2, -0.15) is 0 Å². The first-order chi connectivity index (χ1) is 12.5. The van der Waals surface area contributed by atoms with Gasteiger partial charge in [0.15, 0.2) is 0 Å². The Morgan fingerprint density at radius 2 is 1.85 bits per heavy atom. The van der Waals surface area contributed by atoms with Gasteiger partial charge in [-0.25, -0.2) is 0 Å². The van der Waals surface area contributed by atoms with Crippen LogP contribution in [0.4, 0.5) is 0 Å². The van der Waals surface area contributed by atoms with Crippen molar-refractivity contribution >= 4 is 5.97 Å². The van der Waals surface area contributed by atoms with Crippen molar-refractivity contribution in [2.24, 2.45) is 5.92 Å². The molecule has 0 radical (unpaired) electrons. The Balaban J connectivity index is 2.16. The fourth-order valence-corrected chi connectivity index (χ4v) is 3.79. The van der Waals surface area contributed by atoms with Crippen LogP contribution in [0.15, 0.2) is 29.1 Å². The van der Waals surface area contributed by atoms with Crippen LogP contribution in [0.2, 0.25) is 0 Å². The zero-order chi connectivity index (χ0) is 20.0. The quantitative estimate of drug-likeness (QED) is 0.714. The number of carbonyl (C=O) groups is 1. The molecule has 1 aromatic heterocycles. The molecular weight excluding hydrogens is 348 g/mol. The molecule has 0 saturated carbocycles. The third-order valence-corrected chi connectivity index (χ3v) is 4.88. The molecule has 0 saturated heterocycles. The lowest BCUT2D eigenvalue weighted by Gasteiger charge is -2.41. The molecule has 1 aromatic carbocycles. The molecule has 3 rings (SSSR count). The highest BCUT2D eigenvalue weighted by atomic mass is 16.6. The molecule has 0 spiro atoms. The Bertz CT molecular complexity index is 886. The Labute approximate surface area is 157 Å². The highest BCUT2D eigenvalue weighted by Crippen LogP contribution is 2.45. The number of hydrogen-bond donors (Lipinski definition) is 3. The Hall–Kier alpha value is -2.54. The number of nitrogens with one attached hydrogen (secondary N) is 2. The van der Waals surface area contributed by atoms with E-state index in [1.807, 2.05) is 0 Å². The predicted molar refractivity (Wildman–Crippen MR) is 99.9 cm³/mol. The minimum atomic E-state index is -1.38. The van der Waals surface area contributed by atoms with Crippen molar-refractivity contribution in [1.29, 1.82) is 0 Å². The fourth-order valence-electron chi connectivity index (χ4n) is 3.79. The summed E-state index contributed by atoms with van der Waals surface area (Å²) in [5, 5.41) is 16.5. The molecule has 0 amide bonds. The monoisotopic (exact) mass is 374 g/mol. The van der Waals surface area contributed by atoms with Crippen LogP contribution in [0.1, 0.15) is 50.4 Å². The number of aromatic nitrogens is 2. The van der Waals surface area contributed by atoms with Crippen LogP contribution < -0.4 is 10.3 Å². The van der Waals surface area contributed by atoms with Gasteiger partial charge in [0.2, 0.25) is 0 Å². The summed E-state index contributed by atoms with van der Waals surface area (Å²) in [5.74, 6) is -1.42. The molecule has 0 unspecified atom stereocenters. The molecule has 0 bridgehead atoms. The molecular formula is C20H26N2O5. The molecule has 2 aromatic rings. The molecule has 0 aliphatic heterocycles.